The van der Waals surface area contributed by atoms with Crippen molar-refractivity contribution in [3.8, 4) is 0 Å². The van der Waals surface area contributed by atoms with Gasteiger partial charge in [-0.15, -0.1) is 0 Å². The lowest BCUT2D eigenvalue weighted by atomic mass is 9.63. The maximum absolute atomic E-state index is 10.1. The van der Waals surface area contributed by atoms with Crippen LogP contribution in [0.3, 0.4) is 0 Å². The molecular weight excluding hydrogens is 1180 g/mol. The molecule has 0 aromatic rings. The Bertz CT molecular complexity index is 2050. The number of hydrogen-bond acceptors (Lipinski definition) is 8. The van der Waals surface area contributed by atoms with Gasteiger partial charge in [-0.3, -0.25) is 0 Å². The Balaban J connectivity index is 0.000000549. The van der Waals surface area contributed by atoms with Gasteiger partial charge < -0.3 is 40.9 Å². The molecule has 16 unspecified atom stereocenters. The average Bonchev–Trinajstić information content (AvgIpc) is 0.838. The van der Waals surface area contributed by atoms with E-state index in [1.165, 1.54) is 89.9 Å². The van der Waals surface area contributed by atoms with Gasteiger partial charge in [0.25, 0.3) is 0 Å². The van der Waals surface area contributed by atoms with Crippen molar-refractivity contribution >= 4 is 0 Å². The third-order valence-electron chi connectivity index (χ3n) is 27.2. The molecule has 96 heavy (non-hydrogen) atoms. The van der Waals surface area contributed by atoms with Crippen molar-refractivity contribution < 1.29 is 40.9 Å². The first-order valence-electron chi connectivity index (χ1n) is 40.9. The monoisotopic (exact) mass is 1360 g/mol. The van der Waals surface area contributed by atoms with Crippen molar-refractivity contribution in [2.45, 2.75) is 424 Å². The van der Waals surface area contributed by atoms with Crippen LogP contribution < -0.4 is 0 Å². The smallest absolute Gasteiger partial charge is 0.0621 e. The lowest BCUT2D eigenvalue weighted by Crippen LogP contribution is -2.42. The fourth-order valence-electron chi connectivity index (χ4n) is 19.7. The quantitative estimate of drug-likeness (QED) is 0.119. The molecule has 0 spiro atoms. The molecule has 8 saturated carbocycles. The molecule has 8 nitrogen and oxygen atoms in total. The molecule has 8 fully saturated rings. The van der Waals surface area contributed by atoms with Crippen LogP contribution in [0.1, 0.15) is 376 Å². The van der Waals surface area contributed by atoms with Crippen LogP contribution in [0, 0.1) is 138 Å². The Morgan fingerprint density at radius 3 is 1.20 bits per heavy atom. The van der Waals surface area contributed by atoms with Crippen molar-refractivity contribution in [2.75, 3.05) is 0 Å². The lowest BCUT2D eigenvalue weighted by molar-refractivity contribution is -0.0479. The summed E-state index contributed by atoms with van der Waals surface area (Å²) in [6.07, 6.45) is 26.6. The second kappa shape index (κ2) is 40.2. The molecule has 8 rings (SSSR count). The fraction of sp³-hybridized carbons (Fsp3) is 1.00. The van der Waals surface area contributed by atoms with Gasteiger partial charge >= 0.3 is 0 Å². The van der Waals surface area contributed by atoms with Gasteiger partial charge in [0, 0.05) is 0 Å². The molecule has 0 amide bonds. The second-order valence-electron chi connectivity index (χ2n) is 42.3. The molecule has 16 atom stereocenters. The number of rotatable bonds is 8. The molecule has 0 aliphatic heterocycles. The van der Waals surface area contributed by atoms with E-state index in [-0.39, 0.29) is 70.5 Å². The van der Waals surface area contributed by atoms with Crippen LogP contribution in [-0.4, -0.2) is 89.7 Å². The van der Waals surface area contributed by atoms with E-state index in [9.17, 15) is 40.9 Å². The highest BCUT2D eigenvalue weighted by Gasteiger charge is 2.44. The normalized spacial score (nSPS) is 35.5. The Morgan fingerprint density at radius 1 is 0.260 bits per heavy atom. The largest absolute Gasteiger partial charge is 0.393 e. The molecule has 8 N–H and O–H groups in total. The zero-order chi connectivity index (χ0) is 74.8. The predicted molar refractivity (Wildman–Crippen MR) is 416 cm³/mol. The van der Waals surface area contributed by atoms with Crippen LogP contribution in [0.15, 0.2) is 0 Å². The first-order chi connectivity index (χ1) is 43.5. The molecule has 0 radical (unpaired) electrons. The highest BCUT2D eigenvalue weighted by molar-refractivity contribution is 4.94. The molecule has 8 aliphatic rings. The predicted octanol–water partition coefficient (Wildman–Crippen LogP) is 22.6. The van der Waals surface area contributed by atoms with Crippen LogP contribution in [0.4, 0.5) is 0 Å². The summed E-state index contributed by atoms with van der Waals surface area (Å²) in [5.41, 5.74) is 2.08. The molecule has 576 valence electrons. The minimum absolute atomic E-state index is 0.0366. The van der Waals surface area contributed by atoms with Crippen molar-refractivity contribution in [3.63, 3.8) is 0 Å². The summed E-state index contributed by atoms with van der Waals surface area (Å²) in [6.45, 7) is 72.0. The topological polar surface area (TPSA) is 162 Å². The number of aliphatic hydroxyl groups excluding tert-OH is 8. The van der Waals surface area contributed by atoms with Crippen molar-refractivity contribution in [1.82, 2.24) is 0 Å². The van der Waals surface area contributed by atoms with E-state index in [1.807, 2.05) is 0 Å². The van der Waals surface area contributed by atoms with Gasteiger partial charge in [0.1, 0.15) is 0 Å². The third kappa shape index (κ3) is 31.6. The highest BCUT2D eigenvalue weighted by Crippen LogP contribution is 2.49. The Kier molecular flexibility index (Phi) is 39.3. The highest BCUT2D eigenvalue weighted by atomic mass is 16.3. The van der Waals surface area contributed by atoms with Crippen molar-refractivity contribution in [1.29, 1.82) is 0 Å². The van der Waals surface area contributed by atoms with Gasteiger partial charge in [0.2, 0.25) is 0 Å². The first kappa shape index (κ1) is 93.7. The minimum Gasteiger partial charge on any atom is -0.393 e. The van der Waals surface area contributed by atoms with Gasteiger partial charge in [0.15, 0.2) is 0 Å². The summed E-state index contributed by atoms with van der Waals surface area (Å²) in [5.74, 6) is 11.2. The van der Waals surface area contributed by atoms with Crippen LogP contribution in [0.2, 0.25) is 0 Å². The number of hydrogen-bond donors (Lipinski definition) is 8. The zero-order valence-corrected chi connectivity index (χ0v) is 70.4. The Labute approximate surface area is 600 Å². The van der Waals surface area contributed by atoms with Gasteiger partial charge in [0.05, 0.1) is 48.8 Å². The van der Waals surface area contributed by atoms with E-state index in [4.69, 9.17) is 0 Å². The number of aliphatic hydroxyl groups is 8. The molecular formula is C88H176O8. The molecule has 0 aromatic carbocycles. The molecule has 8 aliphatic carbocycles. The summed E-state index contributed by atoms with van der Waals surface area (Å²) >= 11 is 0. The van der Waals surface area contributed by atoms with Crippen LogP contribution in [0.5, 0.6) is 0 Å². The summed E-state index contributed by atoms with van der Waals surface area (Å²) in [6, 6.07) is 0. The van der Waals surface area contributed by atoms with Gasteiger partial charge in [-0.2, -0.15) is 0 Å². The van der Waals surface area contributed by atoms with E-state index in [1.54, 1.807) is 0 Å². The van der Waals surface area contributed by atoms with Crippen LogP contribution >= 0.6 is 0 Å². The maximum Gasteiger partial charge on any atom is 0.0621 e. The van der Waals surface area contributed by atoms with E-state index in [0.29, 0.717) is 69.0 Å². The SMILES string of the molecule is CC(C)C1CC(O)CC(C)(C)C1.CC(C)C1CC(O)CCC1(C)C.CC(C)C1CCC(C)(C)C(O)C1.CC(C)C1CCC(C)(C)CC1O.CC(C)C1CCC(O)C(C)(C)C1.CC(C)C1CCC(O)CC1(C)C.CC(C)C1CCCC(C)(C)C1O.CC(C)C1CCCC(O)C1(C)C. The van der Waals surface area contributed by atoms with E-state index in [2.05, 4.69) is 222 Å². The van der Waals surface area contributed by atoms with Crippen LogP contribution in [0.25, 0.3) is 0 Å². The molecule has 0 heterocycles. The molecule has 0 saturated heterocycles. The van der Waals surface area contributed by atoms with Gasteiger partial charge in [-0.1, -0.05) is 234 Å². The maximum atomic E-state index is 10.1. The molecule has 0 aromatic heterocycles. The van der Waals surface area contributed by atoms with E-state index >= 15 is 0 Å². The summed E-state index contributed by atoms with van der Waals surface area (Å²) in [5, 5.41) is 78.2. The zero-order valence-electron chi connectivity index (χ0n) is 70.4. The Hall–Kier alpha value is -0.320. The van der Waals surface area contributed by atoms with Crippen molar-refractivity contribution in [2.24, 2.45) is 138 Å². The van der Waals surface area contributed by atoms with Crippen LogP contribution in [-0.2, 0) is 0 Å². The minimum atomic E-state index is -0.0914. The van der Waals surface area contributed by atoms with Gasteiger partial charge in [-0.25, -0.2) is 0 Å². The van der Waals surface area contributed by atoms with Crippen molar-refractivity contribution in [3.05, 3.63) is 0 Å². The summed E-state index contributed by atoms with van der Waals surface area (Å²) in [7, 11) is 0. The average molecular weight is 1360 g/mol. The Morgan fingerprint density at radius 2 is 0.781 bits per heavy atom. The fourth-order valence-corrected chi connectivity index (χ4v) is 19.7. The molecule has 8 heteroatoms. The summed E-state index contributed by atoms with van der Waals surface area (Å²) in [4.78, 5) is 0. The second-order valence-corrected chi connectivity index (χ2v) is 42.3. The molecule has 0 bridgehead atoms. The van der Waals surface area contributed by atoms with E-state index < -0.39 is 0 Å². The lowest BCUT2D eigenvalue weighted by Gasteiger charge is -2.44. The first-order valence-corrected chi connectivity index (χ1v) is 40.9. The summed E-state index contributed by atoms with van der Waals surface area (Å²) < 4.78 is 0. The van der Waals surface area contributed by atoms with Gasteiger partial charge in [-0.05, 0) is 279 Å². The standard InChI is InChI=1S/8C11H22O/c1-8(2)9-5-10(12)7-11(3,4)6-9;1-8(2)9-5-6-11(3,4)7-10(9)12;1-8(2)10-7-9(12)5-6-11(10,3)4;1-8(2)10-6-5-9(12)7-11(10,3)4;1-8(2)9-5-6-11(3,4)10(12)7-9;1-8(2)9-5-6-10(12)11(3,4)7-9;1-8(2)9-6-5-7-11(3,4)10(9)12;1-8(2)9-6-5-7-10(12)11(9,3)4/h8*8-10,12H,5-7H2,1-4H3. The third-order valence-corrected chi connectivity index (χ3v) is 27.2. The van der Waals surface area contributed by atoms with E-state index in [0.717, 1.165) is 112 Å².